The summed E-state index contributed by atoms with van der Waals surface area (Å²) < 4.78 is 0. The van der Waals surface area contributed by atoms with E-state index in [0.717, 1.165) is 22.0 Å². The van der Waals surface area contributed by atoms with Crippen LogP contribution in [0.4, 0.5) is 5.69 Å². The summed E-state index contributed by atoms with van der Waals surface area (Å²) in [6.07, 6.45) is 0.644. The highest BCUT2D eigenvalue weighted by molar-refractivity contribution is 6.42. The molecule has 1 aliphatic heterocycles. The summed E-state index contributed by atoms with van der Waals surface area (Å²) >= 11 is 12.3. The first-order valence-electron chi connectivity index (χ1n) is 12.4. The molecule has 6 nitrogen and oxygen atoms in total. The Morgan fingerprint density at radius 2 is 1.73 bits per heavy atom. The lowest BCUT2D eigenvalue weighted by molar-refractivity contribution is -0.141. The van der Waals surface area contributed by atoms with Gasteiger partial charge < -0.3 is 15.1 Å². The van der Waals surface area contributed by atoms with Crippen molar-refractivity contribution >= 4 is 57.4 Å². The maximum atomic E-state index is 13.5. The monoisotopic (exact) mass is 539 g/mol. The molecule has 37 heavy (non-hydrogen) atoms. The molecule has 4 rings (SSSR count). The second-order valence-corrected chi connectivity index (χ2v) is 11.2. The number of rotatable bonds is 8. The summed E-state index contributed by atoms with van der Waals surface area (Å²) in [7, 11) is 0. The van der Waals surface area contributed by atoms with Crippen molar-refractivity contribution in [2.24, 2.45) is 0 Å². The van der Waals surface area contributed by atoms with Crippen molar-refractivity contribution in [3.63, 3.8) is 0 Å². The largest absolute Gasteiger partial charge is 0.350 e. The van der Waals surface area contributed by atoms with Crippen LogP contribution in [0.5, 0.6) is 0 Å². The number of hydrogen-bond donors (Lipinski definition) is 1. The van der Waals surface area contributed by atoms with Gasteiger partial charge in [0.1, 0.15) is 6.04 Å². The van der Waals surface area contributed by atoms with Gasteiger partial charge in [0, 0.05) is 36.0 Å². The van der Waals surface area contributed by atoms with E-state index in [1.807, 2.05) is 57.2 Å². The van der Waals surface area contributed by atoms with Crippen molar-refractivity contribution in [1.82, 2.24) is 10.2 Å². The van der Waals surface area contributed by atoms with E-state index in [2.05, 4.69) is 5.32 Å². The van der Waals surface area contributed by atoms with Crippen molar-refractivity contribution in [3.05, 3.63) is 75.8 Å². The van der Waals surface area contributed by atoms with Gasteiger partial charge in [-0.15, -0.1) is 0 Å². The molecule has 0 bridgehead atoms. The number of benzene rings is 3. The summed E-state index contributed by atoms with van der Waals surface area (Å²) in [5, 5.41) is 5.74. The van der Waals surface area contributed by atoms with Crippen LogP contribution in [0.25, 0.3) is 10.8 Å². The van der Waals surface area contributed by atoms with Crippen molar-refractivity contribution < 1.29 is 14.4 Å². The molecule has 3 aromatic rings. The first-order chi connectivity index (χ1) is 17.5. The molecule has 1 N–H and O–H groups in total. The van der Waals surface area contributed by atoms with Gasteiger partial charge in [0.05, 0.1) is 15.7 Å². The normalized spacial score (nSPS) is 13.7. The lowest BCUT2D eigenvalue weighted by Crippen LogP contribution is -2.52. The van der Waals surface area contributed by atoms with Crippen LogP contribution in [-0.4, -0.2) is 40.7 Å². The molecular weight excluding hydrogens is 509 g/mol. The Kier molecular flexibility index (Phi) is 7.81. The minimum absolute atomic E-state index is 0.0511. The summed E-state index contributed by atoms with van der Waals surface area (Å²) in [5.74, 6) is -0.465. The minimum Gasteiger partial charge on any atom is -0.350 e. The van der Waals surface area contributed by atoms with Crippen LogP contribution in [0.2, 0.25) is 10.0 Å². The lowest BCUT2D eigenvalue weighted by atomic mass is 10.1. The topological polar surface area (TPSA) is 69.7 Å². The predicted octanol–water partition coefficient (Wildman–Crippen LogP) is 6.22. The van der Waals surface area contributed by atoms with Crippen molar-refractivity contribution in [3.8, 4) is 0 Å². The molecular formula is C29H31Cl2N3O3. The van der Waals surface area contributed by atoms with E-state index in [0.29, 0.717) is 28.6 Å². The first kappa shape index (κ1) is 27.0. The predicted molar refractivity (Wildman–Crippen MR) is 149 cm³/mol. The Labute approximate surface area is 227 Å². The van der Waals surface area contributed by atoms with E-state index in [1.54, 1.807) is 34.9 Å². The van der Waals surface area contributed by atoms with E-state index < -0.39 is 11.6 Å². The molecule has 0 saturated carbocycles. The van der Waals surface area contributed by atoms with Gasteiger partial charge in [0.15, 0.2) is 0 Å². The lowest BCUT2D eigenvalue weighted by Gasteiger charge is -2.31. The quantitative estimate of drug-likeness (QED) is 0.369. The third-order valence-electron chi connectivity index (χ3n) is 6.42. The fraction of sp³-hybridized carbons (Fsp3) is 0.345. The molecule has 3 amide bonds. The van der Waals surface area contributed by atoms with Crippen molar-refractivity contribution in [1.29, 1.82) is 0 Å². The van der Waals surface area contributed by atoms with E-state index >= 15 is 0 Å². The Hall–Kier alpha value is -3.09. The molecule has 8 heteroatoms. The molecule has 1 aliphatic rings. The van der Waals surface area contributed by atoms with E-state index in [-0.39, 0.29) is 30.7 Å². The molecule has 0 radical (unpaired) electrons. The van der Waals surface area contributed by atoms with Crippen LogP contribution in [0.1, 0.15) is 56.5 Å². The minimum atomic E-state index is -0.701. The highest BCUT2D eigenvalue weighted by Gasteiger charge is 2.31. The molecule has 0 aliphatic carbocycles. The maximum Gasteiger partial charge on any atom is 0.258 e. The standard InChI is InChI=1S/C29H31Cl2N3O3/c1-18(27(36)32-29(2,3)4)34(17-19-13-14-22(30)23(31)16-19)25(35)12-7-15-33-24-11-6-9-20-8-5-10-21(26(20)24)28(33)37/h5-6,8-11,13-14,16,18H,7,12,15,17H2,1-4H3,(H,32,36). The summed E-state index contributed by atoms with van der Waals surface area (Å²) in [6.45, 7) is 8.03. The van der Waals surface area contributed by atoms with E-state index in [9.17, 15) is 14.4 Å². The second-order valence-electron chi connectivity index (χ2n) is 10.4. The van der Waals surface area contributed by atoms with Crippen LogP contribution in [0.15, 0.2) is 54.6 Å². The van der Waals surface area contributed by atoms with Gasteiger partial charge in [-0.3, -0.25) is 14.4 Å². The third kappa shape index (κ3) is 5.91. The number of carbonyl (C=O) groups excluding carboxylic acids is 3. The molecule has 1 heterocycles. The number of nitrogens with one attached hydrogen (secondary N) is 1. The van der Waals surface area contributed by atoms with Gasteiger partial charge in [0.25, 0.3) is 5.91 Å². The highest BCUT2D eigenvalue weighted by atomic mass is 35.5. The summed E-state index contributed by atoms with van der Waals surface area (Å²) in [4.78, 5) is 42.8. The Morgan fingerprint density at radius 3 is 2.41 bits per heavy atom. The average molecular weight is 540 g/mol. The Bertz CT molecular complexity index is 1360. The zero-order chi connectivity index (χ0) is 26.9. The van der Waals surface area contributed by atoms with Gasteiger partial charge in [-0.25, -0.2) is 0 Å². The molecule has 0 fully saturated rings. The fourth-order valence-corrected chi connectivity index (χ4v) is 4.95. The number of anilines is 1. The number of carbonyl (C=O) groups is 3. The van der Waals surface area contributed by atoms with Gasteiger partial charge >= 0.3 is 0 Å². The summed E-state index contributed by atoms with van der Waals surface area (Å²) in [5.41, 5.74) is 1.90. The Morgan fingerprint density at radius 1 is 1.03 bits per heavy atom. The van der Waals surface area contributed by atoms with Crippen LogP contribution >= 0.6 is 23.2 Å². The van der Waals surface area contributed by atoms with E-state index in [1.165, 1.54) is 0 Å². The number of hydrogen-bond acceptors (Lipinski definition) is 3. The highest BCUT2D eigenvalue weighted by Crippen LogP contribution is 2.37. The van der Waals surface area contributed by atoms with Crippen molar-refractivity contribution in [2.75, 3.05) is 11.4 Å². The van der Waals surface area contributed by atoms with Gasteiger partial charge in [-0.1, -0.05) is 53.5 Å². The molecule has 3 aromatic carbocycles. The molecule has 1 unspecified atom stereocenters. The average Bonchev–Trinajstić information content (AvgIpc) is 3.11. The zero-order valence-electron chi connectivity index (χ0n) is 21.5. The van der Waals surface area contributed by atoms with Crippen LogP contribution in [-0.2, 0) is 16.1 Å². The number of nitrogens with zero attached hydrogens (tertiary/aromatic N) is 2. The molecule has 1 atom stereocenters. The second kappa shape index (κ2) is 10.7. The smallest absolute Gasteiger partial charge is 0.258 e. The maximum absolute atomic E-state index is 13.5. The molecule has 0 aromatic heterocycles. The molecule has 0 spiro atoms. The third-order valence-corrected chi connectivity index (χ3v) is 7.16. The fourth-order valence-electron chi connectivity index (χ4n) is 4.62. The SMILES string of the molecule is CC(C(=O)NC(C)(C)C)N(Cc1ccc(Cl)c(Cl)c1)C(=O)CCCN1C(=O)c2cccc3cccc1c23. The Balaban J connectivity index is 1.48. The number of halogens is 2. The van der Waals surface area contributed by atoms with Gasteiger partial charge in [-0.2, -0.15) is 0 Å². The zero-order valence-corrected chi connectivity index (χ0v) is 23.0. The van der Waals surface area contributed by atoms with E-state index in [4.69, 9.17) is 23.2 Å². The van der Waals surface area contributed by atoms with Crippen LogP contribution in [0, 0.1) is 0 Å². The van der Waals surface area contributed by atoms with Gasteiger partial charge in [-0.05, 0) is 69.3 Å². The van der Waals surface area contributed by atoms with Crippen molar-refractivity contribution in [2.45, 2.75) is 58.7 Å². The molecule has 194 valence electrons. The molecule has 0 saturated heterocycles. The number of amides is 3. The van der Waals surface area contributed by atoms with Crippen LogP contribution in [0.3, 0.4) is 0 Å². The first-order valence-corrected chi connectivity index (χ1v) is 13.1. The van der Waals surface area contributed by atoms with Crippen LogP contribution < -0.4 is 10.2 Å². The summed E-state index contributed by atoms with van der Waals surface area (Å²) in [6, 6.07) is 16.1. The van der Waals surface area contributed by atoms with Gasteiger partial charge in [0.2, 0.25) is 11.8 Å².